The maximum atomic E-state index is 10.1. The first-order chi connectivity index (χ1) is 13.6. The predicted octanol–water partition coefficient (Wildman–Crippen LogP) is 4.73. The fourth-order valence-corrected chi connectivity index (χ4v) is 2.80. The summed E-state index contributed by atoms with van der Waals surface area (Å²) in [5.41, 5.74) is 5.66. The van der Waals surface area contributed by atoms with Crippen LogP contribution in [0.4, 0.5) is 0 Å². The van der Waals surface area contributed by atoms with Gasteiger partial charge in [0.05, 0.1) is 5.69 Å². The van der Waals surface area contributed by atoms with Gasteiger partial charge in [0.2, 0.25) is 0 Å². The SMILES string of the molecule is Cc1cccc(C)c1-n1ccc(-c2[c-]cccc2)n1.O=C(O)c1ccccn1.[Pt]. The van der Waals surface area contributed by atoms with Gasteiger partial charge in [-0.05, 0) is 37.1 Å². The molecule has 0 atom stereocenters. The van der Waals surface area contributed by atoms with E-state index in [1.54, 1.807) is 12.1 Å². The van der Waals surface area contributed by atoms with Gasteiger partial charge < -0.3 is 5.11 Å². The number of rotatable bonds is 3. The summed E-state index contributed by atoms with van der Waals surface area (Å²) in [5, 5.41) is 13.0. The summed E-state index contributed by atoms with van der Waals surface area (Å²) in [6.07, 6.45) is 3.45. The molecular formula is C23H20N3O2Pt-. The molecule has 2 aromatic carbocycles. The molecule has 0 fully saturated rings. The zero-order chi connectivity index (χ0) is 19.9. The largest absolute Gasteiger partial charge is 0.477 e. The van der Waals surface area contributed by atoms with E-state index in [0.717, 1.165) is 16.9 Å². The molecule has 1 N–H and O–H groups in total. The summed E-state index contributed by atoms with van der Waals surface area (Å²) >= 11 is 0. The number of hydrogen-bond acceptors (Lipinski definition) is 3. The number of aromatic nitrogens is 3. The fourth-order valence-electron chi connectivity index (χ4n) is 2.80. The van der Waals surface area contributed by atoms with E-state index in [-0.39, 0.29) is 26.8 Å². The number of para-hydroxylation sites is 1. The molecule has 4 aromatic rings. The zero-order valence-corrected chi connectivity index (χ0v) is 18.3. The number of nitrogens with zero attached hydrogens (tertiary/aromatic N) is 3. The molecule has 6 heteroatoms. The van der Waals surface area contributed by atoms with Gasteiger partial charge in [-0.25, -0.2) is 19.6 Å². The van der Waals surface area contributed by atoms with Crippen molar-refractivity contribution < 1.29 is 31.0 Å². The van der Waals surface area contributed by atoms with Crippen molar-refractivity contribution in [1.29, 1.82) is 0 Å². The molecule has 0 bridgehead atoms. The van der Waals surface area contributed by atoms with Crippen LogP contribution in [-0.2, 0) is 21.1 Å². The van der Waals surface area contributed by atoms with Gasteiger partial charge >= 0.3 is 5.97 Å². The number of pyridine rings is 1. The van der Waals surface area contributed by atoms with E-state index in [1.807, 2.05) is 41.2 Å². The van der Waals surface area contributed by atoms with Crippen molar-refractivity contribution in [2.45, 2.75) is 13.8 Å². The minimum atomic E-state index is -0.990. The molecule has 5 nitrogen and oxygen atoms in total. The molecule has 29 heavy (non-hydrogen) atoms. The van der Waals surface area contributed by atoms with Crippen molar-refractivity contribution >= 4 is 5.97 Å². The van der Waals surface area contributed by atoms with Gasteiger partial charge in [0.15, 0.2) is 0 Å². The quantitative estimate of drug-likeness (QED) is 0.365. The third-order valence-corrected chi connectivity index (χ3v) is 4.13. The van der Waals surface area contributed by atoms with E-state index < -0.39 is 5.97 Å². The van der Waals surface area contributed by atoms with Gasteiger partial charge in [0.1, 0.15) is 5.69 Å². The summed E-state index contributed by atoms with van der Waals surface area (Å²) in [5.74, 6) is -0.990. The van der Waals surface area contributed by atoms with Gasteiger partial charge in [-0.2, -0.15) is 0 Å². The van der Waals surface area contributed by atoms with Crippen LogP contribution in [0.2, 0.25) is 0 Å². The average Bonchev–Trinajstić information content (AvgIpc) is 3.19. The van der Waals surface area contributed by atoms with Gasteiger partial charge in [-0.1, -0.05) is 30.3 Å². The van der Waals surface area contributed by atoms with E-state index in [9.17, 15) is 4.79 Å². The van der Waals surface area contributed by atoms with Crippen LogP contribution in [0.25, 0.3) is 16.9 Å². The van der Waals surface area contributed by atoms with Crippen molar-refractivity contribution in [3.8, 4) is 16.9 Å². The fraction of sp³-hybridized carbons (Fsp3) is 0.0870. The van der Waals surface area contributed by atoms with Crippen molar-refractivity contribution in [2.24, 2.45) is 0 Å². The Morgan fingerprint density at radius 3 is 2.24 bits per heavy atom. The van der Waals surface area contributed by atoms with Crippen molar-refractivity contribution in [2.75, 3.05) is 0 Å². The molecule has 0 aliphatic carbocycles. The van der Waals surface area contributed by atoms with Crippen molar-refractivity contribution in [3.63, 3.8) is 0 Å². The molecule has 2 heterocycles. The summed E-state index contributed by atoms with van der Waals surface area (Å²) in [4.78, 5) is 13.7. The number of aromatic carboxylic acids is 1. The standard InChI is InChI=1S/C17H15N2.C6H5NO2.Pt/c1-13-7-6-8-14(2)17(13)19-12-11-16(18-19)15-9-4-3-5-10-15;8-6(9)5-3-1-2-4-7-5;/h3-9,11-12H,1-2H3;1-4H,(H,8,9);/q-1;;. The number of benzene rings is 2. The number of aryl methyl sites for hydroxylation is 2. The molecule has 0 aliphatic heterocycles. The van der Waals surface area contributed by atoms with E-state index in [4.69, 9.17) is 5.11 Å². The Hall–Kier alpha value is -3.04. The summed E-state index contributed by atoms with van der Waals surface area (Å²) < 4.78 is 1.95. The molecule has 0 saturated heterocycles. The second-order valence-electron chi connectivity index (χ2n) is 6.18. The first-order valence-electron chi connectivity index (χ1n) is 8.80. The third kappa shape index (κ3) is 5.72. The van der Waals surface area contributed by atoms with Gasteiger partial charge in [-0.3, -0.25) is 0 Å². The topological polar surface area (TPSA) is 68.0 Å². The van der Waals surface area contributed by atoms with Crippen LogP contribution in [0.15, 0.2) is 79.1 Å². The van der Waals surface area contributed by atoms with Gasteiger partial charge in [0, 0.05) is 39.2 Å². The Morgan fingerprint density at radius 2 is 1.69 bits per heavy atom. The van der Waals surface area contributed by atoms with E-state index in [2.05, 4.69) is 48.2 Å². The van der Waals surface area contributed by atoms with Crippen molar-refractivity contribution in [1.82, 2.24) is 14.8 Å². The monoisotopic (exact) mass is 565 g/mol. The van der Waals surface area contributed by atoms with Crippen LogP contribution >= 0.6 is 0 Å². The Bertz CT molecular complexity index is 1040. The van der Waals surface area contributed by atoms with Gasteiger partial charge in [-0.15, -0.1) is 35.9 Å². The Morgan fingerprint density at radius 1 is 0.966 bits per heavy atom. The second kappa shape index (κ2) is 10.5. The Balaban J connectivity index is 0.000000255. The minimum Gasteiger partial charge on any atom is -0.477 e. The third-order valence-electron chi connectivity index (χ3n) is 4.13. The maximum Gasteiger partial charge on any atom is 0.354 e. The normalized spacial score (nSPS) is 9.72. The van der Waals surface area contributed by atoms with Crippen LogP contribution in [0.3, 0.4) is 0 Å². The van der Waals surface area contributed by atoms with Crippen molar-refractivity contribution in [3.05, 3.63) is 102 Å². The molecule has 0 unspecified atom stereocenters. The van der Waals surface area contributed by atoms with Crippen LogP contribution in [0.5, 0.6) is 0 Å². The smallest absolute Gasteiger partial charge is 0.354 e. The molecule has 0 spiro atoms. The average molecular weight is 566 g/mol. The summed E-state index contributed by atoms with van der Waals surface area (Å²) in [6, 6.07) is 24.2. The number of carboxylic acid groups (broad SMARTS) is 1. The van der Waals surface area contributed by atoms with Crippen LogP contribution in [0.1, 0.15) is 21.6 Å². The number of carboxylic acids is 1. The summed E-state index contributed by atoms with van der Waals surface area (Å²) in [6.45, 7) is 4.22. The Kier molecular flexibility index (Phi) is 8.05. The second-order valence-corrected chi connectivity index (χ2v) is 6.18. The molecule has 2 aromatic heterocycles. The first-order valence-corrected chi connectivity index (χ1v) is 8.80. The van der Waals surface area contributed by atoms with Crippen LogP contribution in [0, 0.1) is 19.9 Å². The molecule has 0 amide bonds. The first kappa shape index (κ1) is 22.2. The molecule has 0 aliphatic rings. The van der Waals surface area contributed by atoms with E-state index in [1.165, 1.54) is 23.4 Å². The molecular weight excluding hydrogens is 545 g/mol. The number of hydrogen-bond donors (Lipinski definition) is 1. The van der Waals surface area contributed by atoms with Crippen LogP contribution in [-0.4, -0.2) is 25.8 Å². The molecule has 0 saturated carbocycles. The number of carbonyl (C=O) groups is 1. The predicted molar refractivity (Wildman–Crippen MR) is 109 cm³/mol. The van der Waals surface area contributed by atoms with Crippen LogP contribution < -0.4 is 0 Å². The van der Waals surface area contributed by atoms with Gasteiger partial charge in [0.25, 0.3) is 0 Å². The molecule has 4 rings (SSSR count). The molecule has 0 radical (unpaired) electrons. The van der Waals surface area contributed by atoms with E-state index >= 15 is 0 Å². The maximum absolute atomic E-state index is 10.1. The molecule has 150 valence electrons. The zero-order valence-electron chi connectivity index (χ0n) is 16.0. The summed E-state index contributed by atoms with van der Waals surface area (Å²) in [7, 11) is 0. The van der Waals surface area contributed by atoms with E-state index in [0.29, 0.717) is 0 Å². The minimum absolute atomic E-state index is 0. The Labute approximate surface area is 184 Å².